The second-order valence-corrected chi connectivity index (χ2v) is 7.41. The van der Waals surface area contributed by atoms with Crippen LogP contribution < -0.4 is 10.0 Å². The highest BCUT2D eigenvalue weighted by atomic mass is 32.1. The molecule has 0 spiro atoms. The monoisotopic (exact) mass is 423 g/mol. The van der Waals surface area contributed by atoms with Gasteiger partial charge in [0.25, 0.3) is 0 Å². The molecule has 7 nitrogen and oxygen atoms in total. The van der Waals surface area contributed by atoms with Gasteiger partial charge in [-0.25, -0.2) is 13.9 Å². The van der Waals surface area contributed by atoms with E-state index < -0.39 is 23.5 Å². The van der Waals surface area contributed by atoms with Crippen LogP contribution in [-0.4, -0.2) is 22.0 Å². The number of aromatic carboxylic acids is 1. The van der Waals surface area contributed by atoms with Gasteiger partial charge < -0.3 is 15.6 Å². The largest absolute Gasteiger partial charge is 0.710 e. The summed E-state index contributed by atoms with van der Waals surface area (Å²) in [6, 6.07) is 11.1. The van der Waals surface area contributed by atoms with Gasteiger partial charge in [0.1, 0.15) is 16.9 Å². The molecule has 0 bridgehead atoms. The molecule has 0 unspecified atom stereocenters. The topological polar surface area (TPSA) is 106 Å². The first-order valence-corrected chi connectivity index (χ1v) is 9.64. The van der Waals surface area contributed by atoms with E-state index in [1.54, 1.807) is 37.3 Å². The number of halogens is 1. The van der Waals surface area contributed by atoms with Crippen LogP contribution in [0.5, 0.6) is 0 Å². The Hall–Kier alpha value is -3.85. The standard InChI is InChI=1S/C21H14FN3O4S/c1-11-6-7-13(14(22)8-11)18-17(21(27)28)15(10-30-18)24-20(26)19-23-9-12-4-2-3-5-16(12)25(19)29/h2-10H,1H3,(H,24,26)(H,27,28). The number of aromatic nitrogens is 2. The fourth-order valence-corrected chi connectivity index (χ4v) is 4.09. The number of para-hydroxylation sites is 1. The lowest BCUT2D eigenvalue weighted by Crippen LogP contribution is -2.39. The second kappa shape index (κ2) is 7.53. The molecule has 0 aliphatic heterocycles. The van der Waals surface area contributed by atoms with Gasteiger partial charge in [-0.2, -0.15) is 0 Å². The van der Waals surface area contributed by atoms with E-state index in [0.717, 1.165) is 11.3 Å². The summed E-state index contributed by atoms with van der Waals surface area (Å²) in [7, 11) is 0. The van der Waals surface area contributed by atoms with E-state index in [1.165, 1.54) is 23.7 Å². The van der Waals surface area contributed by atoms with Gasteiger partial charge in [0, 0.05) is 10.9 Å². The third-order valence-electron chi connectivity index (χ3n) is 4.50. The van der Waals surface area contributed by atoms with Gasteiger partial charge in [0.15, 0.2) is 6.20 Å². The number of nitrogens with one attached hydrogen (secondary N) is 1. The van der Waals surface area contributed by atoms with Gasteiger partial charge in [-0.1, -0.05) is 24.3 Å². The number of benzene rings is 2. The van der Waals surface area contributed by atoms with Gasteiger partial charge in [0.2, 0.25) is 0 Å². The van der Waals surface area contributed by atoms with Crippen molar-refractivity contribution in [1.82, 2.24) is 4.98 Å². The van der Waals surface area contributed by atoms with Crippen molar-refractivity contribution in [2.24, 2.45) is 0 Å². The Bertz CT molecular complexity index is 1320. The van der Waals surface area contributed by atoms with Crippen molar-refractivity contribution in [3.8, 4) is 10.4 Å². The van der Waals surface area contributed by atoms with Gasteiger partial charge in [-0.15, -0.1) is 11.3 Å². The van der Waals surface area contributed by atoms with E-state index in [4.69, 9.17) is 0 Å². The molecule has 0 aliphatic rings. The first kappa shape index (κ1) is 19.5. The molecule has 4 aromatic rings. The summed E-state index contributed by atoms with van der Waals surface area (Å²) >= 11 is 0.981. The van der Waals surface area contributed by atoms with Crippen molar-refractivity contribution in [2.75, 3.05) is 5.32 Å². The van der Waals surface area contributed by atoms with E-state index in [1.807, 2.05) is 0 Å². The number of hydrogen-bond donors (Lipinski definition) is 2. The van der Waals surface area contributed by atoms with Crippen LogP contribution in [0.25, 0.3) is 21.3 Å². The van der Waals surface area contributed by atoms with Crippen molar-refractivity contribution in [2.45, 2.75) is 6.92 Å². The SMILES string of the molecule is Cc1ccc(-c2scc(NC(=O)c3ncc4ccccc4[n+]3[O-])c2C(=O)O)c(F)c1. The number of hydrogen-bond acceptors (Lipinski definition) is 5. The van der Waals surface area contributed by atoms with Crippen LogP contribution >= 0.6 is 11.3 Å². The summed E-state index contributed by atoms with van der Waals surface area (Å²) in [4.78, 5) is 28.6. The number of carboxylic acids is 1. The zero-order valence-electron chi connectivity index (χ0n) is 15.5. The Morgan fingerprint density at radius 3 is 2.73 bits per heavy atom. The molecule has 9 heteroatoms. The van der Waals surface area contributed by atoms with Crippen LogP contribution in [0.2, 0.25) is 0 Å². The molecule has 0 fully saturated rings. The summed E-state index contributed by atoms with van der Waals surface area (Å²) in [5, 5.41) is 26.6. The molecule has 2 heterocycles. The Kier molecular flexibility index (Phi) is 4.88. The molecule has 1 amide bonds. The predicted molar refractivity (Wildman–Crippen MR) is 110 cm³/mol. The molecule has 0 aliphatic carbocycles. The number of carboxylic acid groups (broad SMARTS) is 1. The Morgan fingerprint density at radius 1 is 1.23 bits per heavy atom. The highest BCUT2D eigenvalue weighted by Gasteiger charge is 2.26. The minimum atomic E-state index is -1.33. The van der Waals surface area contributed by atoms with Crippen LogP contribution in [0.4, 0.5) is 10.1 Å². The third kappa shape index (κ3) is 3.35. The summed E-state index contributed by atoms with van der Waals surface area (Å²) in [6.07, 6.45) is 1.39. The van der Waals surface area contributed by atoms with E-state index in [0.29, 0.717) is 15.7 Å². The third-order valence-corrected chi connectivity index (χ3v) is 5.51. The number of aryl methyl sites for hydroxylation is 1. The summed E-state index contributed by atoms with van der Waals surface area (Å²) < 4.78 is 14.8. The molecule has 2 aromatic heterocycles. The van der Waals surface area contributed by atoms with E-state index in [-0.39, 0.29) is 27.2 Å². The molecule has 0 saturated carbocycles. The Labute approximate surface area is 173 Å². The van der Waals surface area contributed by atoms with Crippen LogP contribution in [0, 0.1) is 17.9 Å². The Balaban J connectivity index is 1.74. The van der Waals surface area contributed by atoms with E-state index in [9.17, 15) is 24.3 Å². The lowest BCUT2D eigenvalue weighted by atomic mass is 10.1. The highest BCUT2D eigenvalue weighted by molar-refractivity contribution is 7.14. The maximum atomic E-state index is 14.4. The van der Waals surface area contributed by atoms with Gasteiger partial charge in [-0.3, -0.25) is 4.79 Å². The number of anilines is 1. The first-order chi connectivity index (χ1) is 14.4. The molecule has 150 valence electrons. The van der Waals surface area contributed by atoms with Crippen molar-refractivity contribution in [3.63, 3.8) is 0 Å². The molecule has 4 rings (SSSR count). The molecule has 2 aromatic carbocycles. The van der Waals surface area contributed by atoms with Crippen LogP contribution in [0.3, 0.4) is 0 Å². The molecule has 30 heavy (non-hydrogen) atoms. The first-order valence-electron chi connectivity index (χ1n) is 8.76. The summed E-state index contributed by atoms with van der Waals surface area (Å²) in [5.41, 5.74) is 0.771. The smallest absolute Gasteiger partial charge is 0.392 e. The quantitative estimate of drug-likeness (QED) is 0.381. The maximum absolute atomic E-state index is 14.4. The normalized spacial score (nSPS) is 10.9. The Morgan fingerprint density at radius 2 is 2.00 bits per heavy atom. The number of fused-ring (bicyclic) bond motifs is 1. The van der Waals surface area contributed by atoms with Crippen molar-refractivity contribution < 1.29 is 23.8 Å². The van der Waals surface area contributed by atoms with E-state index >= 15 is 0 Å². The average Bonchev–Trinajstić information content (AvgIpc) is 3.11. The molecule has 2 N–H and O–H groups in total. The average molecular weight is 423 g/mol. The summed E-state index contributed by atoms with van der Waals surface area (Å²) in [5.74, 6) is -3.19. The predicted octanol–water partition coefficient (Wildman–Crippen LogP) is 3.99. The zero-order valence-corrected chi connectivity index (χ0v) is 16.4. The molecular weight excluding hydrogens is 409 g/mol. The number of carbonyl (C=O) groups is 2. The van der Waals surface area contributed by atoms with Crippen molar-refractivity contribution >= 4 is 39.8 Å². The van der Waals surface area contributed by atoms with Gasteiger partial charge >= 0.3 is 17.7 Å². The lowest BCUT2D eigenvalue weighted by Gasteiger charge is -2.09. The van der Waals surface area contributed by atoms with Gasteiger partial charge in [-0.05, 0) is 35.7 Å². The van der Waals surface area contributed by atoms with Crippen LogP contribution in [0.1, 0.15) is 26.5 Å². The zero-order chi connectivity index (χ0) is 21.4. The number of nitrogens with zero attached hydrogens (tertiary/aromatic N) is 2. The minimum absolute atomic E-state index is 0.0394. The number of carbonyl (C=O) groups excluding carboxylic acids is 1. The van der Waals surface area contributed by atoms with Crippen LogP contribution in [-0.2, 0) is 0 Å². The maximum Gasteiger partial charge on any atom is 0.392 e. The molecular formula is C21H14FN3O4S. The summed E-state index contributed by atoms with van der Waals surface area (Å²) in [6.45, 7) is 1.72. The highest BCUT2D eigenvalue weighted by Crippen LogP contribution is 2.37. The molecule has 0 atom stereocenters. The fourth-order valence-electron chi connectivity index (χ4n) is 3.07. The van der Waals surface area contributed by atoms with Crippen LogP contribution in [0.15, 0.2) is 54.0 Å². The molecule has 0 radical (unpaired) electrons. The minimum Gasteiger partial charge on any atom is -0.710 e. The number of thiophene rings is 1. The fraction of sp³-hybridized carbons (Fsp3) is 0.0476. The van der Waals surface area contributed by atoms with Crippen molar-refractivity contribution in [1.29, 1.82) is 0 Å². The van der Waals surface area contributed by atoms with Gasteiger partial charge in [0.05, 0.1) is 16.0 Å². The number of amides is 1. The van der Waals surface area contributed by atoms with Crippen molar-refractivity contribution in [3.05, 3.63) is 82.0 Å². The second-order valence-electron chi connectivity index (χ2n) is 6.53. The van der Waals surface area contributed by atoms with E-state index in [2.05, 4.69) is 10.3 Å². The molecule has 0 saturated heterocycles. The lowest BCUT2D eigenvalue weighted by molar-refractivity contribution is -0.582. The number of rotatable bonds is 4.